The monoisotopic (exact) mass is 290 g/mol. The summed E-state index contributed by atoms with van der Waals surface area (Å²) in [6.07, 6.45) is 0. The van der Waals surface area contributed by atoms with Gasteiger partial charge in [0.1, 0.15) is 19.0 Å². The Hall–Kier alpha value is -0.940. The second-order valence-electron chi connectivity index (χ2n) is 3.03. The Kier molecular flexibility index (Phi) is 5.42. The number of hydrogen-bond acceptors (Lipinski definition) is 3. The molecule has 88 valence electrons. The van der Waals surface area contributed by atoms with Crippen LogP contribution in [-0.2, 0) is 20.9 Å². The number of ether oxygens (including phenoxy) is 2. The van der Waals surface area contributed by atoms with Gasteiger partial charge in [-0.3, -0.25) is 0 Å². The summed E-state index contributed by atoms with van der Waals surface area (Å²) < 4.78 is 23.2. The van der Waals surface area contributed by atoms with Crippen molar-refractivity contribution in [1.29, 1.82) is 0 Å². The lowest BCUT2D eigenvalue weighted by molar-refractivity contribution is -0.150. The van der Waals surface area contributed by atoms with Crippen molar-refractivity contribution in [2.24, 2.45) is 0 Å². The molecule has 0 bridgehead atoms. The molecule has 5 heteroatoms. The third kappa shape index (κ3) is 4.28. The number of benzene rings is 1. The van der Waals surface area contributed by atoms with Gasteiger partial charge < -0.3 is 9.47 Å². The maximum Gasteiger partial charge on any atom is 0.332 e. The predicted octanol–water partition coefficient (Wildman–Crippen LogP) is 2.67. The van der Waals surface area contributed by atoms with E-state index in [-0.39, 0.29) is 19.0 Å². The fourth-order valence-electron chi connectivity index (χ4n) is 1.02. The van der Waals surface area contributed by atoms with E-state index in [2.05, 4.69) is 15.9 Å². The van der Waals surface area contributed by atoms with Crippen LogP contribution in [0, 0.1) is 5.82 Å². The van der Waals surface area contributed by atoms with Gasteiger partial charge in [-0.25, -0.2) is 9.18 Å². The summed E-state index contributed by atoms with van der Waals surface area (Å²) in [6.45, 7) is 2.31. The Balaban J connectivity index is 2.45. The van der Waals surface area contributed by atoms with E-state index in [0.717, 1.165) is 0 Å². The van der Waals surface area contributed by atoms with E-state index in [1.807, 2.05) is 0 Å². The van der Waals surface area contributed by atoms with Crippen molar-refractivity contribution in [3.63, 3.8) is 0 Å². The molecule has 0 fully saturated rings. The summed E-state index contributed by atoms with van der Waals surface area (Å²) >= 11 is 3.19. The molecule has 0 N–H and O–H groups in total. The molecule has 1 aromatic carbocycles. The molecule has 0 amide bonds. The van der Waals surface area contributed by atoms with Crippen molar-refractivity contribution in [3.8, 4) is 0 Å². The van der Waals surface area contributed by atoms with E-state index in [4.69, 9.17) is 9.47 Å². The Morgan fingerprint density at radius 2 is 2.25 bits per heavy atom. The van der Waals surface area contributed by atoms with Crippen LogP contribution in [0.2, 0.25) is 0 Å². The molecule has 0 heterocycles. The van der Waals surface area contributed by atoms with Gasteiger partial charge in [-0.05, 0) is 19.1 Å². The highest BCUT2D eigenvalue weighted by Crippen LogP contribution is 2.18. The Labute approximate surface area is 102 Å². The molecular weight excluding hydrogens is 279 g/mol. The molecule has 1 rings (SSSR count). The van der Waals surface area contributed by atoms with Crippen molar-refractivity contribution in [2.45, 2.75) is 13.5 Å². The van der Waals surface area contributed by atoms with Crippen LogP contribution in [0.4, 0.5) is 4.39 Å². The lowest BCUT2D eigenvalue weighted by Crippen LogP contribution is -2.12. The van der Waals surface area contributed by atoms with Gasteiger partial charge in [0.05, 0.1) is 0 Å². The van der Waals surface area contributed by atoms with Gasteiger partial charge in [0.2, 0.25) is 0 Å². The van der Waals surface area contributed by atoms with Gasteiger partial charge in [-0.15, -0.1) is 0 Å². The zero-order chi connectivity index (χ0) is 12.0. The summed E-state index contributed by atoms with van der Waals surface area (Å²) in [6, 6.07) is 4.20. The van der Waals surface area contributed by atoms with Crippen LogP contribution in [0.25, 0.3) is 0 Å². The Morgan fingerprint density at radius 1 is 1.50 bits per heavy atom. The topological polar surface area (TPSA) is 35.5 Å². The van der Waals surface area contributed by atoms with Crippen LogP contribution in [0.5, 0.6) is 0 Å². The van der Waals surface area contributed by atoms with E-state index in [1.54, 1.807) is 13.0 Å². The molecule has 16 heavy (non-hydrogen) atoms. The molecule has 0 saturated carbocycles. The van der Waals surface area contributed by atoms with Crippen molar-refractivity contribution >= 4 is 21.9 Å². The highest BCUT2D eigenvalue weighted by molar-refractivity contribution is 9.10. The maximum absolute atomic E-state index is 12.8. The SMILES string of the molecule is CCOCC(=O)OCc1ccc(F)cc1Br. The number of esters is 1. The van der Waals surface area contributed by atoms with E-state index in [0.29, 0.717) is 16.6 Å². The van der Waals surface area contributed by atoms with E-state index >= 15 is 0 Å². The van der Waals surface area contributed by atoms with Crippen molar-refractivity contribution in [1.82, 2.24) is 0 Å². The molecule has 0 aliphatic heterocycles. The zero-order valence-electron chi connectivity index (χ0n) is 8.83. The summed E-state index contributed by atoms with van der Waals surface area (Å²) in [4.78, 5) is 11.1. The molecule has 0 radical (unpaired) electrons. The largest absolute Gasteiger partial charge is 0.459 e. The van der Waals surface area contributed by atoms with Gasteiger partial charge in [0.25, 0.3) is 0 Å². The van der Waals surface area contributed by atoms with Crippen LogP contribution in [-0.4, -0.2) is 19.2 Å². The van der Waals surface area contributed by atoms with Crippen molar-refractivity contribution < 1.29 is 18.7 Å². The fraction of sp³-hybridized carbons (Fsp3) is 0.364. The van der Waals surface area contributed by atoms with Crippen molar-refractivity contribution in [3.05, 3.63) is 34.1 Å². The second kappa shape index (κ2) is 6.60. The zero-order valence-corrected chi connectivity index (χ0v) is 10.4. The molecule has 3 nitrogen and oxygen atoms in total. The summed E-state index contributed by atoms with van der Waals surface area (Å²) in [5.41, 5.74) is 0.714. The first-order chi connectivity index (χ1) is 7.63. The third-order valence-corrected chi connectivity index (χ3v) is 2.57. The van der Waals surface area contributed by atoms with Gasteiger partial charge in [0.15, 0.2) is 0 Å². The molecule has 0 aliphatic rings. The first-order valence-corrected chi connectivity index (χ1v) is 5.60. The molecular formula is C11H12BrFO3. The summed E-state index contributed by atoms with van der Waals surface area (Å²) in [5.74, 6) is -0.769. The molecule has 1 aromatic rings. The van der Waals surface area contributed by atoms with Crippen LogP contribution in [0.15, 0.2) is 22.7 Å². The van der Waals surface area contributed by atoms with Gasteiger partial charge >= 0.3 is 5.97 Å². The first kappa shape index (κ1) is 13.1. The van der Waals surface area contributed by atoms with E-state index in [9.17, 15) is 9.18 Å². The number of carbonyl (C=O) groups is 1. The molecule has 0 spiro atoms. The molecule has 0 aromatic heterocycles. The molecule has 0 saturated heterocycles. The summed E-state index contributed by atoms with van der Waals surface area (Å²) in [7, 11) is 0. The number of rotatable bonds is 5. The highest BCUT2D eigenvalue weighted by Gasteiger charge is 2.06. The first-order valence-electron chi connectivity index (χ1n) is 4.80. The lowest BCUT2D eigenvalue weighted by atomic mass is 10.2. The van der Waals surface area contributed by atoms with E-state index < -0.39 is 5.97 Å². The Morgan fingerprint density at radius 3 is 2.88 bits per heavy atom. The van der Waals surface area contributed by atoms with E-state index in [1.165, 1.54) is 12.1 Å². The number of carbonyl (C=O) groups excluding carboxylic acids is 1. The minimum atomic E-state index is -0.432. The molecule has 0 unspecified atom stereocenters. The minimum absolute atomic E-state index is 0.0602. The van der Waals surface area contributed by atoms with Crippen LogP contribution in [0.3, 0.4) is 0 Å². The Bertz CT molecular complexity index is 368. The van der Waals surface area contributed by atoms with Gasteiger partial charge in [-0.2, -0.15) is 0 Å². The lowest BCUT2D eigenvalue weighted by Gasteiger charge is -2.06. The second-order valence-corrected chi connectivity index (χ2v) is 3.89. The number of halogens is 2. The smallest absolute Gasteiger partial charge is 0.332 e. The standard InChI is InChI=1S/C11H12BrFO3/c1-2-15-7-11(14)16-6-8-3-4-9(13)5-10(8)12/h3-5H,2,6-7H2,1H3. The van der Waals surface area contributed by atoms with Crippen molar-refractivity contribution in [2.75, 3.05) is 13.2 Å². The van der Waals surface area contributed by atoms with Gasteiger partial charge in [-0.1, -0.05) is 22.0 Å². The summed E-state index contributed by atoms with van der Waals surface area (Å²) in [5, 5.41) is 0. The minimum Gasteiger partial charge on any atom is -0.459 e. The maximum atomic E-state index is 12.8. The fourth-order valence-corrected chi connectivity index (χ4v) is 1.49. The van der Waals surface area contributed by atoms with Gasteiger partial charge in [0, 0.05) is 16.6 Å². The van der Waals surface area contributed by atoms with Crippen LogP contribution >= 0.6 is 15.9 Å². The van der Waals surface area contributed by atoms with Crippen LogP contribution in [0.1, 0.15) is 12.5 Å². The molecule has 0 aliphatic carbocycles. The predicted molar refractivity (Wildman–Crippen MR) is 60.4 cm³/mol. The third-order valence-electron chi connectivity index (χ3n) is 1.83. The number of hydrogen-bond donors (Lipinski definition) is 0. The molecule has 0 atom stereocenters. The quantitative estimate of drug-likeness (QED) is 0.782. The average Bonchev–Trinajstić information content (AvgIpc) is 2.25. The normalized spacial score (nSPS) is 10.2. The van der Waals surface area contributed by atoms with Crippen LogP contribution < -0.4 is 0 Å². The average molecular weight is 291 g/mol. The highest BCUT2D eigenvalue weighted by atomic mass is 79.9.